The number of hydrogen-bond acceptors (Lipinski definition) is 1. The van der Waals surface area contributed by atoms with Crippen LogP contribution in [0, 0.1) is 6.92 Å². The summed E-state index contributed by atoms with van der Waals surface area (Å²) in [4.78, 5) is 4.45. The molecule has 1 heterocycles. The van der Waals surface area contributed by atoms with E-state index in [1.54, 1.807) is 0 Å². The predicted octanol–water partition coefficient (Wildman–Crippen LogP) is 4.72. The van der Waals surface area contributed by atoms with Gasteiger partial charge in [0, 0.05) is 11.8 Å². The topological polar surface area (TPSA) is 12.9 Å². The second-order valence-corrected chi connectivity index (χ2v) is 4.61. The lowest BCUT2D eigenvalue weighted by atomic mass is 10.0. The Labute approximate surface area is 113 Å². The van der Waals surface area contributed by atoms with E-state index in [-0.39, 0.29) is 0 Å². The van der Waals surface area contributed by atoms with Crippen molar-refractivity contribution in [2.75, 3.05) is 0 Å². The molecule has 19 heavy (non-hydrogen) atoms. The number of aromatic nitrogens is 1. The zero-order valence-corrected chi connectivity index (χ0v) is 10.9. The second-order valence-electron chi connectivity index (χ2n) is 4.61. The Morgan fingerprint density at radius 3 is 1.95 bits per heavy atom. The smallest absolute Gasteiger partial charge is 0.0731 e. The molecule has 92 valence electrons. The summed E-state index contributed by atoms with van der Waals surface area (Å²) in [5.74, 6) is 0. The first-order valence-electron chi connectivity index (χ1n) is 6.42. The average Bonchev–Trinajstić information content (AvgIpc) is 2.49. The number of hydrogen-bond donors (Lipinski definition) is 0. The first-order chi connectivity index (χ1) is 9.34. The highest BCUT2D eigenvalue weighted by Gasteiger charge is 2.03. The molecule has 0 spiro atoms. The van der Waals surface area contributed by atoms with Gasteiger partial charge in [0.2, 0.25) is 0 Å². The number of aryl methyl sites for hydroxylation is 1. The average molecular weight is 245 g/mol. The summed E-state index contributed by atoms with van der Waals surface area (Å²) in [6.07, 6.45) is 1.84. The van der Waals surface area contributed by atoms with Gasteiger partial charge in [-0.2, -0.15) is 0 Å². The Bertz CT molecular complexity index is 670. The summed E-state index contributed by atoms with van der Waals surface area (Å²) >= 11 is 0. The van der Waals surface area contributed by atoms with Gasteiger partial charge in [-0.3, -0.25) is 4.98 Å². The zero-order chi connectivity index (χ0) is 13.1. The Morgan fingerprint density at radius 2 is 1.26 bits per heavy atom. The molecule has 0 aliphatic heterocycles. The maximum absolute atomic E-state index is 4.45. The van der Waals surface area contributed by atoms with Crippen LogP contribution in [-0.2, 0) is 0 Å². The molecule has 0 radical (unpaired) electrons. The van der Waals surface area contributed by atoms with E-state index in [1.807, 2.05) is 18.3 Å². The van der Waals surface area contributed by atoms with Crippen molar-refractivity contribution in [3.8, 4) is 22.4 Å². The van der Waals surface area contributed by atoms with Gasteiger partial charge in [-0.25, -0.2) is 0 Å². The first-order valence-corrected chi connectivity index (χ1v) is 6.42. The Morgan fingerprint density at radius 1 is 0.632 bits per heavy atom. The minimum absolute atomic E-state index is 1.06. The van der Waals surface area contributed by atoms with E-state index in [2.05, 4.69) is 66.5 Å². The van der Waals surface area contributed by atoms with E-state index in [0.717, 1.165) is 11.3 Å². The van der Waals surface area contributed by atoms with Crippen LogP contribution in [0.2, 0.25) is 0 Å². The fraction of sp³-hybridized carbons (Fsp3) is 0.0556. The van der Waals surface area contributed by atoms with Crippen LogP contribution in [0.5, 0.6) is 0 Å². The van der Waals surface area contributed by atoms with E-state index in [9.17, 15) is 0 Å². The Kier molecular flexibility index (Phi) is 3.11. The highest BCUT2D eigenvalue weighted by atomic mass is 14.7. The third-order valence-corrected chi connectivity index (χ3v) is 3.27. The lowest BCUT2D eigenvalue weighted by Gasteiger charge is -2.06. The number of rotatable bonds is 2. The minimum atomic E-state index is 1.06. The molecule has 0 atom stereocenters. The molecule has 1 heteroatoms. The molecule has 2 aromatic carbocycles. The lowest BCUT2D eigenvalue weighted by molar-refractivity contribution is 1.27. The van der Waals surface area contributed by atoms with Crippen molar-refractivity contribution < 1.29 is 0 Å². The van der Waals surface area contributed by atoms with Gasteiger partial charge in [0.1, 0.15) is 0 Å². The fourth-order valence-electron chi connectivity index (χ4n) is 2.24. The van der Waals surface area contributed by atoms with Gasteiger partial charge in [-0.05, 0) is 29.7 Å². The normalized spacial score (nSPS) is 10.4. The van der Waals surface area contributed by atoms with Crippen molar-refractivity contribution in [3.63, 3.8) is 0 Å². The molecule has 0 N–H and O–H groups in total. The molecule has 0 bridgehead atoms. The summed E-state index contributed by atoms with van der Waals surface area (Å²) in [6.45, 7) is 2.09. The summed E-state index contributed by atoms with van der Waals surface area (Å²) < 4.78 is 0. The summed E-state index contributed by atoms with van der Waals surface area (Å²) in [5.41, 5.74) is 5.90. The second kappa shape index (κ2) is 5.07. The third-order valence-electron chi connectivity index (χ3n) is 3.27. The molecular formula is C18H15N. The van der Waals surface area contributed by atoms with E-state index in [0.29, 0.717) is 0 Å². The van der Waals surface area contributed by atoms with Crippen LogP contribution in [0.4, 0.5) is 0 Å². The maximum atomic E-state index is 4.45. The van der Waals surface area contributed by atoms with Crippen LogP contribution >= 0.6 is 0 Å². The van der Waals surface area contributed by atoms with Gasteiger partial charge in [-0.1, -0.05) is 60.7 Å². The highest BCUT2D eigenvalue weighted by Crippen LogP contribution is 2.25. The first kappa shape index (κ1) is 11.7. The SMILES string of the molecule is Cc1cccnc1-c1ccc(-c2ccccc2)cc1. The van der Waals surface area contributed by atoms with Crippen molar-refractivity contribution in [3.05, 3.63) is 78.5 Å². The van der Waals surface area contributed by atoms with Crippen LogP contribution < -0.4 is 0 Å². The van der Waals surface area contributed by atoms with Crippen LogP contribution in [0.1, 0.15) is 5.56 Å². The maximum Gasteiger partial charge on any atom is 0.0731 e. The van der Waals surface area contributed by atoms with Gasteiger partial charge in [0.05, 0.1) is 5.69 Å². The summed E-state index contributed by atoms with van der Waals surface area (Å²) in [5, 5.41) is 0. The summed E-state index contributed by atoms with van der Waals surface area (Å²) in [6, 6.07) is 23.0. The van der Waals surface area contributed by atoms with Gasteiger partial charge in [-0.15, -0.1) is 0 Å². The molecule has 0 amide bonds. The standard InChI is InChI=1S/C18H15N/c1-14-6-5-13-19-18(14)17-11-9-16(10-12-17)15-7-3-2-4-8-15/h2-13H,1H3. The van der Waals surface area contributed by atoms with Crippen LogP contribution in [0.3, 0.4) is 0 Å². The van der Waals surface area contributed by atoms with Crippen molar-refractivity contribution in [2.24, 2.45) is 0 Å². The van der Waals surface area contributed by atoms with Crippen LogP contribution in [-0.4, -0.2) is 4.98 Å². The van der Waals surface area contributed by atoms with Crippen molar-refractivity contribution in [1.29, 1.82) is 0 Å². The van der Waals surface area contributed by atoms with Gasteiger partial charge in [0.15, 0.2) is 0 Å². The molecule has 3 rings (SSSR count). The van der Waals surface area contributed by atoms with Crippen molar-refractivity contribution >= 4 is 0 Å². The molecule has 3 aromatic rings. The fourth-order valence-corrected chi connectivity index (χ4v) is 2.24. The molecule has 1 nitrogen and oxygen atoms in total. The molecule has 0 fully saturated rings. The quantitative estimate of drug-likeness (QED) is 0.636. The molecule has 0 aliphatic carbocycles. The predicted molar refractivity (Wildman–Crippen MR) is 79.8 cm³/mol. The molecule has 0 saturated heterocycles. The zero-order valence-electron chi connectivity index (χ0n) is 10.9. The number of pyridine rings is 1. The minimum Gasteiger partial charge on any atom is -0.256 e. The van der Waals surface area contributed by atoms with Crippen molar-refractivity contribution in [2.45, 2.75) is 6.92 Å². The van der Waals surface area contributed by atoms with Gasteiger partial charge < -0.3 is 0 Å². The van der Waals surface area contributed by atoms with E-state index < -0.39 is 0 Å². The number of nitrogens with zero attached hydrogens (tertiary/aromatic N) is 1. The lowest BCUT2D eigenvalue weighted by Crippen LogP contribution is -1.87. The molecule has 0 aliphatic rings. The van der Waals surface area contributed by atoms with Crippen LogP contribution in [0.25, 0.3) is 22.4 Å². The molecule has 0 saturated carbocycles. The summed E-state index contributed by atoms with van der Waals surface area (Å²) in [7, 11) is 0. The van der Waals surface area contributed by atoms with Crippen LogP contribution in [0.15, 0.2) is 72.9 Å². The van der Waals surface area contributed by atoms with E-state index >= 15 is 0 Å². The number of benzene rings is 2. The molecule has 0 unspecified atom stereocenters. The van der Waals surface area contributed by atoms with Gasteiger partial charge >= 0.3 is 0 Å². The Balaban J connectivity index is 1.98. The molecule has 1 aromatic heterocycles. The highest BCUT2D eigenvalue weighted by molar-refractivity contribution is 5.69. The largest absolute Gasteiger partial charge is 0.256 e. The van der Waals surface area contributed by atoms with Crippen molar-refractivity contribution in [1.82, 2.24) is 4.98 Å². The Hall–Kier alpha value is -2.41. The third kappa shape index (κ3) is 2.41. The van der Waals surface area contributed by atoms with Gasteiger partial charge in [0.25, 0.3) is 0 Å². The van der Waals surface area contributed by atoms with E-state index in [1.165, 1.54) is 16.7 Å². The molecular weight excluding hydrogens is 230 g/mol. The monoisotopic (exact) mass is 245 g/mol. The van der Waals surface area contributed by atoms with E-state index in [4.69, 9.17) is 0 Å².